The second kappa shape index (κ2) is 9.77. The van der Waals surface area contributed by atoms with Crippen molar-refractivity contribution in [3.8, 4) is 16.9 Å². The van der Waals surface area contributed by atoms with Gasteiger partial charge in [0.2, 0.25) is 0 Å². The topological polar surface area (TPSA) is 29.5 Å². The van der Waals surface area contributed by atoms with Crippen LogP contribution in [0, 0.1) is 6.92 Å². The number of nitrogens with zero attached hydrogens (tertiary/aromatic N) is 1. The van der Waals surface area contributed by atoms with Crippen molar-refractivity contribution in [3.05, 3.63) is 120 Å². The minimum absolute atomic E-state index is 0.0371. The third-order valence-electron chi connectivity index (χ3n) is 5.15. The highest BCUT2D eigenvalue weighted by molar-refractivity contribution is 5.94. The van der Waals surface area contributed by atoms with Crippen LogP contribution >= 0.6 is 0 Å². The lowest BCUT2D eigenvalue weighted by Crippen LogP contribution is -2.34. The summed E-state index contributed by atoms with van der Waals surface area (Å²) in [5.41, 5.74) is 5.12. The Morgan fingerprint density at radius 2 is 1.35 bits per heavy atom. The molecule has 4 rings (SSSR count). The number of hydrogen-bond acceptors (Lipinski definition) is 2. The predicted octanol–water partition coefficient (Wildman–Crippen LogP) is 6.27. The number of hydrogen-bond donors (Lipinski definition) is 0. The van der Waals surface area contributed by atoms with E-state index in [4.69, 9.17) is 4.74 Å². The number of carbonyl (C=O) groups is 1. The van der Waals surface area contributed by atoms with Crippen molar-refractivity contribution in [3.63, 3.8) is 0 Å². The fraction of sp³-hybridized carbons (Fsp3) is 0.107. The van der Waals surface area contributed by atoms with Crippen LogP contribution < -0.4 is 9.64 Å². The van der Waals surface area contributed by atoms with Crippen molar-refractivity contribution >= 4 is 11.6 Å². The molecule has 0 atom stereocenters. The standard InChI is InChI=1S/C28H25NO2/c1-22-16-18-25(19-17-22)29(20-23-10-4-2-5-11-23)28(30)21-31-27-15-9-8-14-26(27)24-12-6-3-7-13-24/h2-19H,20-21H2,1H3. The maximum atomic E-state index is 13.3. The van der Waals surface area contributed by atoms with Gasteiger partial charge in [-0.15, -0.1) is 0 Å². The predicted molar refractivity (Wildman–Crippen MR) is 126 cm³/mol. The summed E-state index contributed by atoms with van der Waals surface area (Å²) < 4.78 is 6.03. The fourth-order valence-corrected chi connectivity index (χ4v) is 3.48. The Morgan fingerprint density at radius 1 is 0.742 bits per heavy atom. The first-order chi connectivity index (χ1) is 15.2. The van der Waals surface area contributed by atoms with Crippen LogP contribution in [-0.2, 0) is 11.3 Å². The zero-order chi connectivity index (χ0) is 21.5. The summed E-state index contributed by atoms with van der Waals surface area (Å²) in [7, 11) is 0. The van der Waals surface area contributed by atoms with E-state index >= 15 is 0 Å². The summed E-state index contributed by atoms with van der Waals surface area (Å²) in [5.74, 6) is 0.612. The molecule has 4 aromatic rings. The van der Waals surface area contributed by atoms with Crippen LogP contribution in [0.4, 0.5) is 5.69 Å². The Morgan fingerprint density at radius 3 is 2.06 bits per heavy atom. The first kappa shape index (κ1) is 20.4. The van der Waals surface area contributed by atoms with Crippen LogP contribution in [0.15, 0.2) is 109 Å². The molecule has 0 aliphatic carbocycles. The minimum Gasteiger partial charge on any atom is -0.483 e. The lowest BCUT2D eigenvalue weighted by molar-refractivity contribution is -0.120. The average molecular weight is 408 g/mol. The monoisotopic (exact) mass is 407 g/mol. The van der Waals surface area contributed by atoms with E-state index in [2.05, 4.69) is 0 Å². The van der Waals surface area contributed by atoms with Crippen LogP contribution in [0.25, 0.3) is 11.1 Å². The molecule has 0 N–H and O–H groups in total. The van der Waals surface area contributed by atoms with Crippen molar-refractivity contribution in [2.45, 2.75) is 13.5 Å². The lowest BCUT2D eigenvalue weighted by atomic mass is 10.1. The normalized spacial score (nSPS) is 10.5. The zero-order valence-corrected chi connectivity index (χ0v) is 17.6. The number of aryl methyl sites for hydroxylation is 1. The first-order valence-corrected chi connectivity index (χ1v) is 10.4. The van der Waals surface area contributed by atoms with Crippen LogP contribution in [0.5, 0.6) is 5.75 Å². The average Bonchev–Trinajstić information content (AvgIpc) is 2.83. The summed E-state index contributed by atoms with van der Waals surface area (Å²) >= 11 is 0. The minimum atomic E-state index is -0.0874. The zero-order valence-electron chi connectivity index (χ0n) is 17.6. The Labute approximate surface area is 183 Å². The van der Waals surface area contributed by atoms with Gasteiger partial charge in [-0.1, -0.05) is 96.6 Å². The third-order valence-corrected chi connectivity index (χ3v) is 5.15. The molecule has 1 amide bonds. The van der Waals surface area contributed by atoms with Gasteiger partial charge in [0, 0.05) is 11.3 Å². The molecule has 154 valence electrons. The van der Waals surface area contributed by atoms with Gasteiger partial charge in [0.05, 0.1) is 6.54 Å². The van der Waals surface area contributed by atoms with Gasteiger partial charge in [0.1, 0.15) is 5.75 Å². The molecule has 4 aromatic carbocycles. The van der Waals surface area contributed by atoms with Crippen molar-refractivity contribution in [1.29, 1.82) is 0 Å². The van der Waals surface area contributed by atoms with E-state index in [-0.39, 0.29) is 12.5 Å². The highest BCUT2D eigenvalue weighted by Crippen LogP contribution is 2.29. The summed E-state index contributed by atoms with van der Waals surface area (Å²) in [4.78, 5) is 15.0. The van der Waals surface area contributed by atoms with Gasteiger partial charge < -0.3 is 9.64 Å². The number of ether oxygens (including phenoxy) is 1. The van der Waals surface area contributed by atoms with Crippen LogP contribution in [0.1, 0.15) is 11.1 Å². The molecule has 0 unspecified atom stereocenters. The van der Waals surface area contributed by atoms with Gasteiger partial charge in [-0.05, 0) is 36.2 Å². The van der Waals surface area contributed by atoms with E-state index in [1.54, 1.807) is 4.90 Å². The second-order valence-electron chi connectivity index (χ2n) is 7.45. The summed E-state index contributed by atoms with van der Waals surface area (Å²) in [5, 5.41) is 0. The maximum Gasteiger partial charge on any atom is 0.265 e. The van der Waals surface area contributed by atoms with Crippen molar-refractivity contribution < 1.29 is 9.53 Å². The highest BCUT2D eigenvalue weighted by atomic mass is 16.5. The summed E-state index contributed by atoms with van der Waals surface area (Å²) in [6.07, 6.45) is 0. The molecule has 0 fully saturated rings. The Bertz CT molecular complexity index is 1120. The van der Waals surface area contributed by atoms with Crippen molar-refractivity contribution in [2.75, 3.05) is 11.5 Å². The molecule has 3 nitrogen and oxygen atoms in total. The number of amides is 1. The largest absolute Gasteiger partial charge is 0.483 e. The van der Waals surface area contributed by atoms with Gasteiger partial charge in [0.15, 0.2) is 6.61 Å². The van der Waals surface area contributed by atoms with E-state index in [0.717, 1.165) is 27.9 Å². The summed E-state index contributed by atoms with van der Waals surface area (Å²) in [6.45, 7) is 2.49. The van der Waals surface area contributed by atoms with E-state index in [0.29, 0.717) is 12.3 Å². The Kier molecular flexibility index (Phi) is 6.44. The first-order valence-electron chi connectivity index (χ1n) is 10.4. The van der Waals surface area contributed by atoms with E-state index in [1.165, 1.54) is 0 Å². The van der Waals surface area contributed by atoms with Crippen molar-refractivity contribution in [1.82, 2.24) is 0 Å². The highest BCUT2D eigenvalue weighted by Gasteiger charge is 2.18. The van der Waals surface area contributed by atoms with Crippen LogP contribution in [0.2, 0.25) is 0 Å². The molecule has 0 saturated heterocycles. The van der Waals surface area contributed by atoms with Gasteiger partial charge in [-0.25, -0.2) is 0 Å². The molecule has 0 heterocycles. The molecular formula is C28H25NO2. The molecular weight excluding hydrogens is 382 g/mol. The number of benzene rings is 4. The SMILES string of the molecule is Cc1ccc(N(Cc2ccccc2)C(=O)COc2ccccc2-c2ccccc2)cc1. The number of rotatable bonds is 7. The quantitative estimate of drug-likeness (QED) is 0.361. The number of para-hydroxylation sites is 1. The fourth-order valence-electron chi connectivity index (χ4n) is 3.48. The molecule has 3 heteroatoms. The van der Waals surface area contributed by atoms with E-state index < -0.39 is 0 Å². The third kappa shape index (κ3) is 5.20. The van der Waals surface area contributed by atoms with Gasteiger partial charge in [-0.3, -0.25) is 4.79 Å². The summed E-state index contributed by atoms with van der Waals surface area (Å²) in [6, 6.07) is 35.9. The van der Waals surface area contributed by atoms with Crippen molar-refractivity contribution in [2.24, 2.45) is 0 Å². The maximum absolute atomic E-state index is 13.3. The molecule has 0 aromatic heterocycles. The number of carbonyl (C=O) groups excluding carboxylic acids is 1. The Balaban J connectivity index is 1.55. The van der Waals surface area contributed by atoms with Gasteiger partial charge in [0.25, 0.3) is 5.91 Å². The van der Waals surface area contributed by atoms with Gasteiger partial charge in [-0.2, -0.15) is 0 Å². The smallest absolute Gasteiger partial charge is 0.265 e. The Hall–Kier alpha value is -3.85. The number of anilines is 1. The molecule has 0 aliphatic rings. The molecule has 0 spiro atoms. The van der Waals surface area contributed by atoms with E-state index in [1.807, 2.05) is 116 Å². The second-order valence-corrected chi connectivity index (χ2v) is 7.45. The van der Waals surface area contributed by atoms with Crippen LogP contribution in [-0.4, -0.2) is 12.5 Å². The lowest BCUT2D eigenvalue weighted by Gasteiger charge is -2.24. The van der Waals surface area contributed by atoms with Crippen LogP contribution in [0.3, 0.4) is 0 Å². The molecule has 0 aliphatic heterocycles. The molecule has 0 bridgehead atoms. The molecule has 0 radical (unpaired) electrons. The van der Waals surface area contributed by atoms with E-state index in [9.17, 15) is 4.79 Å². The molecule has 0 saturated carbocycles. The van der Waals surface area contributed by atoms with Gasteiger partial charge >= 0.3 is 0 Å². The molecule has 31 heavy (non-hydrogen) atoms.